The summed E-state index contributed by atoms with van der Waals surface area (Å²) in [5, 5.41) is 9.81. The van der Waals surface area contributed by atoms with E-state index in [1.807, 2.05) is 12.1 Å². The number of methoxy groups -OCH3 is 2. The van der Waals surface area contributed by atoms with Crippen molar-refractivity contribution in [2.75, 3.05) is 33.9 Å². The first-order valence-electron chi connectivity index (χ1n) is 14.8. The zero-order valence-electron chi connectivity index (χ0n) is 25.5. The lowest BCUT2D eigenvalue weighted by Crippen LogP contribution is -2.56. The summed E-state index contributed by atoms with van der Waals surface area (Å²) >= 11 is 0. The van der Waals surface area contributed by atoms with Crippen LogP contribution in [0.25, 0.3) is 11.1 Å². The average Bonchev–Trinajstić information content (AvgIpc) is 3.50. The molecule has 3 aliphatic heterocycles. The molecular formula is C33H34FN5O7. The highest BCUT2D eigenvalue weighted by atomic mass is 19.1. The predicted molar refractivity (Wildman–Crippen MR) is 163 cm³/mol. The molecule has 240 valence electrons. The number of ether oxygens (including phenoxy) is 4. The Labute approximate surface area is 264 Å². The number of likely N-dealkylation sites (tertiary alicyclic amines) is 1. The molecule has 0 unspecified atom stereocenters. The number of hydrogen-bond donors (Lipinski definition) is 2. The van der Waals surface area contributed by atoms with Crippen LogP contribution in [0.2, 0.25) is 0 Å². The maximum Gasteiger partial charge on any atom is 0.258 e. The van der Waals surface area contributed by atoms with Gasteiger partial charge in [0.15, 0.2) is 12.4 Å². The molecule has 6 bridgehead atoms. The number of amides is 2. The van der Waals surface area contributed by atoms with E-state index in [0.717, 1.165) is 5.56 Å². The molecule has 13 heteroatoms. The number of aromatic nitrogens is 2. The lowest BCUT2D eigenvalue weighted by Gasteiger charge is -2.38. The SMILES string of the molecule is COCc1noc(CN2CC[C@@H]3Oc4ccc(c(OC)c4)CNC(=O)COc4cccc(c4)-c4ccc(F)c(c4)C(=O)N[C@@H]3C2)n1. The molecule has 2 N–H and O–H groups in total. The van der Waals surface area contributed by atoms with Crippen LogP contribution < -0.4 is 24.8 Å². The Morgan fingerprint density at radius 3 is 2.76 bits per heavy atom. The molecule has 4 heterocycles. The number of halogens is 1. The second kappa shape index (κ2) is 14.0. The smallest absolute Gasteiger partial charge is 0.258 e. The third-order valence-corrected chi connectivity index (χ3v) is 7.86. The third kappa shape index (κ3) is 7.27. The Bertz CT molecular complexity index is 1710. The fourth-order valence-electron chi connectivity index (χ4n) is 5.56. The minimum Gasteiger partial charge on any atom is -0.496 e. The second-order valence-corrected chi connectivity index (χ2v) is 11.1. The zero-order chi connectivity index (χ0) is 32.0. The molecule has 12 nitrogen and oxygen atoms in total. The maximum atomic E-state index is 15.2. The number of nitrogens with zero attached hydrogens (tertiary/aromatic N) is 3. The van der Waals surface area contributed by atoms with Gasteiger partial charge in [0.25, 0.3) is 11.8 Å². The van der Waals surface area contributed by atoms with Crippen molar-refractivity contribution in [3.8, 4) is 28.4 Å². The summed E-state index contributed by atoms with van der Waals surface area (Å²) in [5.74, 6) is 0.820. The molecule has 1 fully saturated rings. The van der Waals surface area contributed by atoms with Crippen molar-refractivity contribution < 1.29 is 37.5 Å². The number of carbonyl (C=O) groups is 2. The van der Waals surface area contributed by atoms with E-state index in [2.05, 4.69) is 25.7 Å². The van der Waals surface area contributed by atoms with E-state index in [4.69, 9.17) is 23.5 Å². The Hall–Kier alpha value is -5.01. The first-order chi connectivity index (χ1) is 22.4. The van der Waals surface area contributed by atoms with Gasteiger partial charge in [-0.15, -0.1) is 0 Å². The van der Waals surface area contributed by atoms with Crippen LogP contribution in [-0.2, 0) is 29.2 Å². The highest BCUT2D eigenvalue weighted by molar-refractivity contribution is 5.96. The van der Waals surface area contributed by atoms with Crippen LogP contribution in [-0.4, -0.2) is 72.9 Å². The number of benzene rings is 3. The summed E-state index contributed by atoms with van der Waals surface area (Å²) < 4.78 is 43.4. The van der Waals surface area contributed by atoms with E-state index >= 15 is 4.39 Å². The molecule has 0 saturated carbocycles. The molecule has 0 radical (unpaired) electrons. The summed E-state index contributed by atoms with van der Waals surface area (Å²) in [7, 11) is 3.09. The minimum atomic E-state index is -0.658. The number of piperidine rings is 1. The van der Waals surface area contributed by atoms with Gasteiger partial charge in [0, 0.05) is 38.4 Å². The van der Waals surface area contributed by atoms with E-state index in [-0.39, 0.29) is 31.2 Å². The van der Waals surface area contributed by atoms with Crippen LogP contribution >= 0.6 is 0 Å². The van der Waals surface area contributed by atoms with Gasteiger partial charge in [-0.1, -0.05) is 23.4 Å². The summed E-state index contributed by atoms with van der Waals surface area (Å²) in [5.41, 5.74) is 1.95. The minimum absolute atomic E-state index is 0.111. The van der Waals surface area contributed by atoms with E-state index in [1.54, 1.807) is 50.6 Å². The second-order valence-electron chi connectivity index (χ2n) is 11.1. The fraction of sp³-hybridized carbons (Fsp3) is 0.333. The van der Waals surface area contributed by atoms with Gasteiger partial charge >= 0.3 is 0 Å². The number of fused-ring (bicyclic) bond motifs is 7. The van der Waals surface area contributed by atoms with Crippen LogP contribution in [0.5, 0.6) is 17.2 Å². The van der Waals surface area contributed by atoms with Crippen LogP contribution in [0.15, 0.2) is 65.2 Å². The molecule has 2 amide bonds. The number of hydrogen-bond acceptors (Lipinski definition) is 10. The predicted octanol–water partition coefficient (Wildman–Crippen LogP) is 3.49. The van der Waals surface area contributed by atoms with Crippen molar-refractivity contribution in [3.63, 3.8) is 0 Å². The molecule has 3 aliphatic rings. The van der Waals surface area contributed by atoms with Crippen LogP contribution in [0, 0.1) is 5.82 Å². The molecule has 3 aromatic carbocycles. The summed E-state index contributed by atoms with van der Waals surface area (Å²) in [6.45, 7) is 1.59. The van der Waals surface area contributed by atoms with Crippen molar-refractivity contribution in [1.29, 1.82) is 0 Å². The maximum absolute atomic E-state index is 15.2. The van der Waals surface area contributed by atoms with Gasteiger partial charge in [-0.05, 0) is 53.9 Å². The van der Waals surface area contributed by atoms with Crippen molar-refractivity contribution in [1.82, 2.24) is 25.7 Å². The van der Waals surface area contributed by atoms with E-state index < -0.39 is 23.9 Å². The Balaban J connectivity index is 1.32. The van der Waals surface area contributed by atoms with Gasteiger partial charge in [-0.2, -0.15) is 4.98 Å². The largest absolute Gasteiger partial charge is 0.496 e. The van der Waals surface area contributed by atoms with Crippen LogP contribution in [0.3, 0.4) is 0 Å². The monoisotopic (exact) mass is 631 g/mol. The van der Waals surface area contributed by atoms with Crippen LogP contribution in [0.4, 0.5) is 4.39 Å². The normalized spacial score (nSPS) is 18.8. The lowest BCUT2D eigenvalue weighted by molar-refractivity contribution is -0.123. The number of carbonyl (C=O) groups excluding carboxylic acids is 2. The lowest BCUT2D eigenvalue weighted by atomic mass is 9.99. The van der Waals surface area contributed by atoms with Gasteiger partial charge in [0.1, 0.15) is 35.8 Å². The highest BCUT2D eigenvalue weighted by Gasteiger charge is 2.34. The van der Waals surface area contributed by atoms with E-state index in [0.29, 0.717) is 66.1 Å². The van der Waals surface area contributed by atoms with Gasteiger partial charge in [-0.3, -0.25) is 14.5 Å². The van der Waals surface area contributed by atoms with E-state index in [1.165, 1.54) is 12.1 Å². The van der Waals surface area contributed by atoms with Crippen LogP contribution in [0.1, 0.15) is 34.1 Å². The highest BCUT2D eigenvalue weighted by Crippen LogP contribution is 2.29. The molecule has 7 rings (SSSR count). The topological polar surface area (TPSA) is 137 Å². The molecule has 1 saturated heterocycles. The fourth-order valence-corrected chi connectivity index (χ4v) is 5.56. The molecule has 46 heavy (non-hydrogen) atoms. The molecule has 2 atom stereocenters. The van der Waals surface area contributed by atoms with Gasteiger partial charge in [-0.25, -0.2) is 4.39 Å². The van der Waals surface area contributed by atoms with Crippen molar-refractivity contribution in [3.05, 3.63) is 89.3 Å². The van der Waals surface area contributed by atoms with Crippen molar-refractivity contribution in [2.24, 2.45) is 0 Å². The summed E-state index contributed by atoms with van der Waals surface area (Å²) in [4.78, 5) is 32.7. The molecular weight excluding hydrogens is 597 g/mol. The number of rotatable bonds is 5. The van der Waals surface area contributed by atoms with Crippen molar-refractivity contribution >= 4 is 11.8 Å². The summed E-state index contributed by atoms with van der Waals surface area (Å²) in [6, 6.07) is 16.2. The summed E-state index contributed by atoms with van der Waals surface area (Å²) in [6.07, 6.45) is 0.0901. The van der Waals surface area contributed by atoms with E-state index in [9.17, 15) is 9.59 Å². The number of nitrogens with one attached hydrogen (secondary N) is 2. The molecule has 4 aromatic rings. The van der Waals surface area contributed by atoms with Gasteiger partial charge in [0.2, 0.25) is 5.89 Å². The molecule has 0 aliphatic carbocycles. The molecule has 0 spiro atoms. The standard InChI is InChI=1S/C33H34FN5O7/c1-42-18-30-37-32(46-38-30)17-39-11-10-28-27(16-39)36-33(41)25-13-21(7-9-26(25)34)20-4-3-5-23(12-20)44-19-31(40)35-15-22-6-8-24(45-28)14-29(22)43-2/h3-9,12-14,27-28H,10-11,15-19H2,1-2H3,(H,35,40)(H,36,41)/t27-,28+/m1/s1. The quantitative estimate of drug-likeness (QED) is 0.337. The first kappa shape index (κ1) is 31.0. The average molecular weight is 632 g/mol. The van der Waals surface area contributed by atoms with Crippen molar-refractivity contribution in [2.45, 2.75) is 38.3 Å². The molecule has 1 aromatic heterocycles. The Kier molecular flexibility index (Phi) is 9.41. The first-order valence-corrected chi connectivity index (χ1v) is 14.8. The Morgan fingerprint density at radius 1 is 1.04 bits per heavy atom. The Morgan fingerprint density at radius 2 is 1.91 bits per heavy atom. The third-order valence-electron chi connectivity index (χ3n) is 7.86. The van der Waals surface area contributed by atoms with Gasteiger partial charge < -0.3 is 34.1 Å². The van der Waals surface area contributed by atoms with Gasteiger partial charge in [0.05, 0.1) is 25.3 Å². The zero-order valence-corrected chi connectivity index (χ0v) is 25.5.